The molecule has 0 spiro atoms. The summed E-state index contributed by atoms with van der Waals surface area (Å²) in [4.78, 5) is 24.6. The summed E-state index contributed by atoms with van der Waals surface area (Å²) < 4.78 is 0. The number of likely N-dealkylation sites (tertiary alicyclic amines) is 1. The molecule has 1 fully saturated rings. The number of amides is 1. The standard InChI is InChI=1S/C16H19NO3/c1-12-4-2-5-13(10-12)7-8-15(18)17-9-3-6-14(17)11-16(19)20/h2,4-5,7-8,10,14H,3,6,9,11H2,1H3,(H,19,20). The lowest BCUT2D eigenvalue weighted by atomic mass is 10.1. The minimum absolute atomic E-state index is 0.0318. The molecule has 1 N–H and O–H groups in total. The second-order valence-electron chi connectivity index (χ2n) is 5.17. The highest BCUT2D eigenvalue weighted by atomic mass is 16.4. The van der Waals surface area contributed by atoms with Crippen LogP contribution in [0.1, 0.15) is 30.4 Å². The molecule has 1 amide bonds. The van der Waals surface area contributed by atoms with E-state index in [1.54, 1.807) is 11.0 Å². The maximum atomic E-state index is 12.1. The van der Waals surface area contributed by atoms with Gasteiger partial charge in [-0.15, -0.1) is 0 Å². The van der Waals surface area contributed by atoms with Crippen molar-refractivity contribution in [2.45, 2.75) is 32.2 Å². The van der Waals surface area contributed by atoms with Gasteiger partial charge in [0.15, 0.2) is 0 Å². The number of carboxylic acid groups (broad SMARTS) is 1. The first-order valence-electron chi connectivity index (χ1n) is 6.83. The number of hydrogen-bond donors (Lipinski definition) is 1. The molecule has 1 atom stereocenters. The monoisotopic (exact) mass is 273 g/mol. The van der Waals surface area contributed by atoms with Crippen LogP contribution in [0.5, 0.6) is 0 Å². The van der Waals surface area contributed by atoms with Crippen LogP contribution in [0, 0.1) is 6.92 Å². The average Bonchev–Trinajstić information content (AvgIpc) is 2.83. The van der Waals surface area contributed by atoms with Crippen molar-refractivity contribution in [2.24, 2.45) is 0 Å². The number of hydrogen-bond acceptors (Lipinski definition) is 2. The molecule has 1 saturated heterocycles. The lowest BCUT2D eigenvalue weighted by Crippen LogP contribution is -2.35. The minimum atomic E-state index is -0.850. The van der Waals surface area contributed by atoms with Crippen LogP contribution in [0.4, 0.5) is 0 Å². The van der Waals surface area contributed by atoms with E-state index in [-0.39, 0.29) is 18.4 Å². The number of carboxylic acids is 1. The summed E-state index contributed by atoms with van der Waals surface area (Å²) in [6.07, 6.45) is 5.00. The van der Waals surface area contributed by atoms with E-state index in [4.69, 9.17) is 5.11 Å². The Labute approximate surface area is 118 Å². The van der Waals surface area contributed by atoms with E-state index in [2.05, 4.69) is 0 Å². The van der Waals surface area contributed by atoms with E-state index < -0.39 is 5.97 Å². The van der Waals surface area contributed by atoms with Crippen molar-refractivity contribution >= 4 is 18.0 Å². The van der Waals surface area contributed by atoms with Crippen LogP contribution >= 0.6 is 0 Å². The van der Waals surface area contributed by atoms with Crippen LogP contribution in [0.15, 0.2) is 30.3 Å². The zero-order valence-electron chi connectivity index (χ0n) is 11.6. The largest absolute Gasteiger partial charge is 0.481 e. The van der Waals surface area contributed by atoms with Gasteiger partial charge >= 0.3 is 5.97 Å². The Morgan fingerprint density at radius 2 is 2.25 bits per heavy atom. The third-order valence-electron chi connectivity index (χ3n) is 3.53. The van der Waals surface area contributed by atoms with Gasteiger partial charge in [0.2, 0.25) is 5.91 Å². The molecule has 0 bridgehead atoms. The average molecular weight is 273 g/mol. The molecule has 4 heteroatoms. The van der Waals surface area contributed by atoms with Gasteiger partial charge < -0.3 is 10.0 Å². The summed E-state index contributed by atoms with van der Waals surface area (Å²) >= 11 is 0. The van der Waals surface area contributed by atoms with E-state index in [0.717, 1.165) is 24.0 Å². The van der Waals surface area contributed by atoms with Crippen molar-refractivity contribution in [1.29, 1.82) is 0 Å². The van der Waals surface area contributed by atoms with E-state index in [1.165, 1.54) is 6.08 Å². The molecule has 0 aliphatic carbocycles. The molecule has 4 nitrogen and oxygen atoms in total. The topological polar surface area (TPSA) is 57.6 Å². The van der Waals surface area contributed by atoms with Crippen molar-refractivity contribution in [2.75, 3.05) is 6.54 Å². The molecule has 20 heavy (non-hydrogen) atoms. The van der Waals surface area contributed by atoms with Gasteiger partial charge in [0.05, 0.1) is 6.42 Å². The lowest BCUT2D eigenvalue weighted by molar-refractivity contribution is -0.139. The fourth-order valence-corrected chi connectivity index (χ4v) is 2.58. The Morgan fingerprint density at radius 3 is 2.95 bits per heavy atom. The van der Waals surface area contributed by atoms with E-state index in [9.17, 15) is 9.59 Å². The van der Waals surface area contributed by atoms with Crippen LogP contribution < -0.4 is 0 Å². The number of aliphatic carboxylic acids is 1. The second-order valence-corrected chi connectivity index (χ2v) is 5.17. The van der Waals surface area contributed by atoms with Gasteiger partial charge in [-0.1, -0.05) is 29.8 Å². The number of carbonyl (C=O) groups excluding carboxylic acids is 1. The molecular weight excluding hydrogens is 254 g/mol. The summed E-state index contributed by atoms with van der Waals surface area (Å²) in [7, 11) is 0. The molecule has 106 valence electrons. The molecular formula is C16H19NO3. The predicted octanol–water partition coefficient (Wildman–Crippen LogP) is 2.47. The fraction of sp³-hybridized carbons (Fsp3) is 0.375. The second kappa shape index (κ2) is 6.37. The Morgan fingerprint density at radius 1 is 1.45 bits per heavy atom. The smallest absolute Gasteiger partial charge is 0.305 e. The van der Waals surface area contributed by atoms with Crippen molar-refractivity contribution in [3.05, 3.63) is 41.5 Å². The SMILES string of the molecule is Cc1cccc(C=CC(=O)N2CCCC2CC(=O)O)c1. The number of benzene rings is 1. The Hall–Kier alpha value is -2.10. The first kappa shape index (κ1) is 14.3. The molecule has 0 radical (unpaired) electrons. The zero-order chi connectivity index (χ0) is 14.5. The Bertz CT molecular complexity index is 536. The summed E-state index contributed by atoms with van der Waals surface area (Å²) in [5.41, 5.74) is 2.12. The molecule has 1 aromatic rings. The van der Waals surface area contributed by atoms with E-state index >= 15 is 0 Å². The molecule has 1 unspecified atom stereocenters. The molecule has 1 heterocycles. The van der Waals surface area contributed by atoms with E-state index in [1.807, 2.05) is 31.2 Å². The molecule has 2 rings (SSSR count). The number of carbonyl (C=O) groups is 2. The van der Waals surface area contributed by atoms with E-state index in [0.29, 0.717) is 6.54 Å². The predicted molar refractivity (Wildman–Crippen MR) is 77.2 cm³/mol. The number of rotatable bonds is 4. The Balaban J connectivity index is 2.02. The summed E-state index contributed by atoms with van der Waals surface area (Å²) in [5.74, 6) is -0.951. The minimum Gasteiger partial charge on any atom is -0.481 e. The maximum absolute atomic E-state index is 12.1. The van der Waals surface area contributed by atoms with Gasteiger partial charge in [0.25, 0.3) is 0 Å². The van der Waals surface area contributed by atoms with Crippen molar-refractivity contribution in [1.82, 2.24) is 4.90 Å². The summed E-state index contributed by atoms with van der Waals surface area (Å²) in [5, 5.41) is 8.86. The fourth-order valence-electron chi connectivity index (χ4n) is 2.58. The van der Waals surface area contributed by atoms with Gasteiger partial charge in [0.1, 0.15) is 0 Å². The quantitative estimate of drug-likeness (QED) is 0.857. The third kappa shape index (κ3) is 3.70. The summed E-state index contributed by atoms with van der Waals surface area (Å²) in [6, 6.07) is 7.73. The highest BCUT2D eigenvalue weighted by molar-refractivity contribution is 5.92. The van der Waals surface area contributed by atoms with Crippen molar-refractivity contribution in [3.8, 4) is 0 Å². The molecule has 1 aliphatic heterocycles. The Kier molecular flexibility index (Phi) is 4.56. The van der Waals surface area contributed by atoms with Gasteiger partial charge in [-0.05, 0) is 31.4 Å². The zero-order valence-corrected chi connectivity index (χ0v) is 11.6. The maximum Gasteiger partial charge on any atom is 0.305 e. The molecule has 0 aromatic heterocycles. The van der Waals surface area contributed by atoms with Crippen LogP contribution in [-0.2, 0) is 9.59 Å². The van der Waals surface area contributed by atoms with Crippen LogP contribution in [0.3, 0.4) is 0 Å². The van der Waals surface area contributed by atoms with Gasteiger partial charge in [-0.2, -0.15) is 0 Å². The van der Waals surface area contributed by atoms with Crippen LogP contribution in [-0.4, -0.2) is 34.5 Å². The lowest BCUT2D eigenvalue weighted by Gasteiger charge is -2.21. The molecule has 0 saturated carbocycles. The van der Waals surface area contributed by atoms with Crippen molar-refractivity contribution < 1.29 is 14.7 Å². The molecule has 1 aromatic carbocycles. The third-order valence-corrected chi connectivity index (χ3v) is 3.53. The summed E-state index contributed by atoms with van der Waals surface area (Å²) in [6.45, 7) is 2.65. The van der Waals surface area contributed by atoms with Crippen molar-refractivity contribution in [3.63, 3.8) is 0 Å². The normalized spacial score (nSPS) is 18.6. The van der Waals surface area contributed by atoms with Gasteiger partial charge in [0, 0.05) is 18.7 Å². The number of aryl methyl sites for hydroxylation is 1. The molecule has 1 aliphatic rings. The first-order valence-corrected chi connectivity index (χ1v) is 6.83. The number of nitrogens with zero attached hydrogens (tertiary/aromatic N) is 1. The highest BCUT2D eigenvalue weighted by Gasteiger charge is 2.28. The van der Waals surface area contributed by atoms with Gasteiger partial charge in [-0.3, -0.25) is 9.59 Å². The van der Waals surface area contributed by atoms with Crippen LogP contribution in [0.25, 0.3) is 6.08 Å². The van der Waals surface area contributed by atoms with Gasteiger partial charge in [-0.25, -0.2) is 0 Å². The van der Waals surface area contributed by atoms with Crippen LogP contribution in [0.2, 0.25) is 0 Å². The highest BCUT2D eigenvalue weighted by Crippen LogP contribution is 2.20. The first-order chi connectivity index (χ1) is 9.56.